The average Bonchev–Trinajstić information content (AvgIpc) is 2.13. The first kappa shape index (κ1) is 15.8. The molecule has 0 aliphatic carbocycles. The molecule has 0 aliphatic heterocycles. The standard InChI is InChI=1S/C10H25N3O2S/c1-4-5-10(6-7-11)8-12-16(14,15)13-9(2)3/h9-10,12-13H,4-8,11H2,1-3H3. The van der Waals surface area contributed by atoms with Gasteiger partial charge in [-0.2, -0.15) is 13.1 Å². The third kappa shape index (κ3) is 8.04. The number of hydrogen-bond donors (Lipinski definition) is 3. The molecule has 0 saturated heterocycles. The van der Waals surface area contributed by atoms with Crippen LogP contribution in [0.2, 0.25) is 0 Å². The van der Waals surface area contributed by atoms with Gasteiger partial charge in [-0.15, -0.1) is 0 Å². The molecule has 0 aromatic rings. The van der Waals surface area contributed by atoms with Crippen LogP contribution in [0.25, 0.3) is 0 Å². The fourth-order valence-electron chi connectivity index (χ4n) is 1.57. The Labute approximate surface area is 99.4 Å². The minimum Gasteiger partial charge on any atom is -0.330 e. The molecule has 0 saturated carbocycles. The molecule has 0 aromatic carbocycles. The number of nitrogens with two attached hydrogens (primary N) is 1. The van der Waals surface area contributed by atoms with Gasteiger partial charge in [-0.3, -0.25) is 0 Å². The van der Waals surface area contributed by atoms with E-state index >= 15 is 0 Å². The smallest absolute Gasteiger partial charge is 0.277 e. The van der Waals surface area contributed by atoms with Crippen molar-refractivity contribution >= 4 is 10.2 Å². The van der Waals surface area contributed by atoms with Crippen LogP contribution in [0.4, 0.5) is 0 Å². The number of nitrogens with one attached hydrogen (secondary N) is 2. The van der Waals surface area contributed by atoms with Crippen LogP contribution in [-0.2, 0) is 10.2 Å². The fourth-order valence-corrected chi connectivity index (χ4v) is 2.73. The Balaban J connectivity index is 4.08. The SMILES string of the molecule is CCCC(CCN)CNS(=O)(=O)NC(C)C. The lowest BCUT2D eigenvalue weighted by molar-refractivity contribution is 0.440. The first-order chi connectivity index (χ1) is 7.41. The Hall–Kier alpha value is -0.170. The van der Waals surface area contributed by atoms with E-state index in [1.807, 2.05) is 0 Å². The summed E-state index contributed by atoms with van der Waals surface area (Å²) in [4.78, 5) is 0. The van der Waals surface area contributed by atoms with Crippen LogP contribution >= 0.6 is 0 Å². The van der Waals surface area contributed by atoms with Crippen LogP contribution in [-0.4, -0.2) is 27.5 Å². The van der Waals surface area contributed by atoms with Crippen molar-refractivity contribution in [2.24, 2.45) is 11.7 Å². The monoisotopic (exact) mass is 251 g/mol. The zero-order valence-electron chi connectivity index (χ0n) is 10.5. The van der Waals surface area contributed by atoms with Gasteiger partial charge >= 0.3 is 0 Å². The molecule has 0 fully saturated rings. The molecular formula is C10H25N3O2S. The largest absolute Gasteiger partial charge is 0.330 e. The maximum absolute atomic E-state index is 11.5. The van der Waals surface area contributed by atoms with E-state index < -0.39 is 10.2 Å². The Morgan fingerprint density at radius 3 is 2.31 bits per heavy atom. The second-order valence-corrected chi connectivity index (χ2v) is 5.89. The molecule has 0 spiro atoms. The van der Waals surface area contributed by atoms with Gasteiger partial charge in [0.1, 0.15) is 0 Å². The normalized spacial score (nSPS) is 14.3. The van der Waals surface area contributed by atoms with Crippen molar-refractivity contribution in [3.05, 3.63) is 0 Å². The van der Waals surface area contributed by atoms with Crippen molar-refractivity contribution in [2.45, 2.75) is 46.1 Å². The third-order valence-electron chi connectivity index (χ3n) is 2.22. The van der Waals surface area contributed by atoms with Crippen molar-refractivity contribution in [2.75, 3.05) is 13.1 Å². The Kier molecular flexibility index (Phi) is 7.91. The summed E-state index contributed by atoms with van der Waals surface area (Å²) in [6, 6.07) is -0.0865. The van der Waals surface area contributed by atoms with Crippen LogP contribution in [0.1, 0.15) is 40.0 Å². The molecule has 1 unspecified atom stereocenters. The highest BCUT2D eigenvalue weighted by Gasteiger charge is 2.14. The molecular weight excluding hydrogens is 226 g/mol. The zero-order chi connectivity index (χ0) is 12.6. The molecule has 0 aromatic heterocycles. The molecule has 0 rings (SSSR count). The number of hydrogen-bond acceptors (Lipinski definition) is 3. The molecule has 6 heteroatoms. The van der Waals surface area contributed by atoms with Crippen LogP contribution in [0.3, 0.4) is 0 Å². The predicted molar refractivity (Wildman–Crippen MR) is 67.3 cm³/mol. The summed E-state index contributed by atoms with van der Waals surface area (Å²) >= 11 is 0. The Bertz CT molecular complexity index is 259. The first-order valence-corrected chi connectivity index (χ1v) is 7.36. The second-order valence-electron chi connectivity index (χ2n) is 4.36. The van der Waals surface area contributed by atoms with E-state index in [1.54, 1.807) is 13.8 Å². The van der Waals surface area contributed by atoms with Gasteiger partial charge in [-0.25, -0.2) is 4.72 Å². The van der Waals surface area contributed by atoms with Crippen molar-refractivity contribution in [3.63, 3.8) is 0 Å². The fraction of sp³-hybridized carbons (Fsp3) is 1.00. The van der Waals surface area contributed by atoms with Crippen LogP contribution < -0.4 is 15.2 Å². The maximum atomic E-state index is 11.5. The highest BCUT2D eigenvalue weighted by atomic mass is 32.2. The van der Waals surface area contributed by atoms with Crippen molar-refractivity contribution in [1.82, 2.24) is 9.44 Å². The topological polar surface area (TPSA) is 84.2 Å². The molecule has 4 N–H and O–H groups in total. The third-order valence-corrected chi connectivity index (χ3v) is 3.55. The molecule has 98 valence electrons. The van der Waals surface area contributed by atoms with Gasteiger partial charge in [-0.1, -0.05) is 13.3 Å². The molecule has 0 bridgehead atoms. The molecule has 0 amide bonds. The van der Waals surface area contributed by atoms with Gasteiger partial charge in [0.2, 0.25) is 0 Å². The lowest BCUT2D eigenvalue weighted by Crippen LogP contribution is -2.42. The van der Waals surface area contributed by atoms with Crippen molar-refractivity contribution in [1.29, 1.82) is 0 Å². The highest BCUT2D eigenvalue weighted by Crippen LogP contribution is 2.09. The van der Waals surface area contributed by atoms with E-state index in [0.29, 0.717) is 19.0 Å². The summed E-state index contributed by atoms with van der Waals surface area (Å²) in [6.45, 7) is 6.74. The summed E-state index contributed by atoms with van der Waals surface area (Å²) in [7, 11) is -3.35. The lowest BCUT2D eigenvalue weighted by atomic mass is 10.0. The van der Waals surface area contributed by atoms with Crippen LogP contribution in [0.5, 0.6) is 0 Å². The molecule has 16 heavy (non-hydrogen) atoms. The highest BCUT2D eigenvalue weighted by molar-refractivity contribution is 7.87. The van der Waals surface area contributed by atoms with Crippen LogP contribution in [0, 0.1) is 5.92 Å². The maximum Gasteiger partial charge on any atom is 0.277 e. The molecule has 5 nitrogen and oxygen atoms in total. The summed E-state index contributed by atoms with van der Waals surface area (Å²) < 4.78 is 28.1. The molecule has 0 aliphatic rings. The van der Waals surface area contributed by atoms with Gasteiger partial charge in [0.05, 0.1) is 0 Å². The molecule has 0 heterocycles. The Morgan fingerprint density at radius 1 is 1.25 bits per heavy atom. The van der Waals surface area contributed by atoms with E-state index in [9.17, 15) is 8.42 Å². The van der Waals surface area contributed by atoms with Gasteiger partial charge in [0.15, 0.2) is 0 Å². The minimum absolute atomic E-state index is 0.0865. The van der Waals surface area contributed by atoms with Crippen molar-refractivity contribution < 1.29 is 8.42 Å². The van der Waals surface area contributed by atoms with Gasteiger partial charge in [-0.05, 0) is 39.2 Å². The number of rotatable bonds is 9. The average molecular weight is 251 g/mol. The first-order valence-electron chi connectivity index (χ1n) is 5.88. The van der Waals surface area contributed by atoms with E-state index in [4.69, 9.17) is 5.73 Å². The van der Waals surface area contributed by atoms with E-state index in [0.717, 1.165) is 19.3 Å². The second kappa shape index (κ2) is 8.00. The predicted octanol–water partition coefficient (Wildman–Crippen LogP) is 0.584. The van der Waals surface area contributed by atoms with Crippen LogP contribution in [0.15, 0.2) is 0 Å². The Morgan fingerprint density at radius 2 is 1.88 bits per heavy atom. The molecule has 1 atom stereocenters. The van der Waals surface area contributed by atoms with E-state index in [1.165, 1.54) is 0 Å². The molecule has 0 radical (unpaired) electrons. The lowest BCUT2D eigenvalue weighted by Gasteiger charge is -2.17. The zero-order valence-corrected chi connectivity index (χ0v) is 11.3. The summed E-state index contributed by atoms with van der Waals surface area (Å²) in [5.74, 6) is 0.332. The van der Waals surface area contributed by atoms with E-state index in [2.05, 4.69) is 16.4 Å². The van der Waals surface area contributed by atoms with Gasteiger partial charge in [0.25, 0.3) is 10.2 Å². The van der Waals surface area contributed by atoms with Gasteiger partial charge in [0, 0.05) is 12.6 Å². The van der Waals surface area contributed by atoms with E-state index in [-0.39, 0.29) is 6.04 Å². The quantitative estimate of drug-likeness (QED) is 0.560. The summed E-state index contributed by atoms with van der Waals surface area (Å²) in [5, 5.41) is 0. The van der Waals surface area contributed by atoms with Crippen molar-refractivity contribution in [3.8, 4) is 0 Å². The minimum atomic E-state index is -3.35. The van der Waals surface area contributed by atoms with Gasteiger partial charge < -0.3 is 5.73 Å². The summed E-state index contributed by atoms with van der Waals surface area (Å²) in [6.07, 6.45) is 2.91. The summed E-state index contributed by atoms with van der Waals surface area (Å²) in [5.41, 5.74) is 5.49.